The van der Waals surface area contributed by atoms with Crippen LogP contribution < -0.4 is 0 Å². The second-order valence-electron chi connectivity index (χ2n) is 4.01. The van der Waals surface area contributed by atoms with Gasteiger partial charge in [-0.15, -0.1) is 10.2 Å². The van der Waals surface area contributed by atoms with Gasteiger partial charge in [0.05, 0.1) is 5.75 Å². The number of thioether (sulfide) groups is 1. The van der Waals surface area contributed by atoms with Crippen LogP contribution >= 0.6 is 23.1 Å². The third-order valence-corrected chi connectivity index (χ3v) is 4.65. The first-order chi connectivity index (χ1) is 9.38. The Kier molecular flexibility index (Phi) is 3.74. The quantitative estimate of drug-likeness (QED) is 0.677. The molecule has 19 heavy (non-hydrogen) atoms. The summed E-state index contributed by atoms with van der Waals surface area (Å²) in [5.41, 5.74) is 1.02. The molecular weight excluding hydrogens is 278 g/mol. The van der Waals surface area contributed by atoms with Crippen molar-refractivity contribution in [3.05, 3.63) is 30.4 Å². The standard InChI is InChI=1S/C12H13N5S2/c1-2-6-18-8-10-14-15-12-17(10)16-11(19-12)9-4-3-5-13-7-9/h3-5,7H,2,6,8H2,1H3. The van der Waals surface area contributed by atoms with E-state index in [-0.39, 0.29) is 0 Å². The Morgan fingerprint density at radius 2 is 2.32 bits per heavy atom. The van der Waals surface area contributed by atoms with Gasteiger partial charge in [0, 0.05) is 18.0 Å². The van der Waals surface area contributed by atoms with Crippen LogP contribution in [0.15, 0.2) is 24.5 Å². The van der Waals surface area contributed by atoms with Crippen molar-refractivity contribution in [3.8, 4) is 10.6 Å². The summed E-state index contributed by atoms with van der Waals surface area (Å²) in [6.07, 6.45) is 4.75. The fraction of sp³-hybridized carbons (Fsp3) is 0.333. The second kappa shape index (κ2) is 5.66. The Morgan fingerprint density at radius 1 is 1.37 bits per heavy atom. The van der Waals surface area contributed by atoms with Crippen molar-refractivity contribution in [2.24, 2.45) is 0 Å². The lowest BCUT2D eigenvalue weighted by Crippen LogP contribution is -1.94. The Hall–Kier alpha value is -1.47. The molecular formula is C12H13N5S2. The van der Waals surface area contributed by atoms with E-state index in [1.54, 1.807) is 6.20 Å². The van der Waals surface area contributed by atoms with Gasteiger partial charge in [-0.25, -0.2) is 0 Å². The van der Waals surface area contributed by atoms with Crippen molar-refractivity contribution in [1.82, 2.24) is 24.8 Å². The molecule has 3 aromatic rings. The van der Waals surface area contributed by atoms with Crippen LogP contribution in [-0.2, 0) is 5.75 Å². The van der Waals surface area contributed by atoms with Gasteiger partial charge in [0.15, 0.2) is 5.82 Å². The fourth-order valence-electron chi connectivity index (χ4n) is 1.66. The van der Waals surface area contributed by atoms with Crippen molar-refractivity contribution in [3.63, 3.8) is 0 Å². The number of fused-ring (bicyclic) bond motifs is 1. The Bertz CT molecular complexity index is 661. The molecule has 3 aromatic heterocycles. The highest BCUT2D eigenvalue weighted by Gasteiger charge is 2.12. The lowest BCUT2D eigenvalue weighted by molar-refractivity contribution is 0.886. The Labute approximate surface area is 119 Å². The molecule has 0 spiro atoms. The molecule has 0 atom stereocenters. The van der Waals surface area contributed by atoms with E-state index >= 15 is 0 Å². The van der Waals surface area contributed by atoms with Crippen LogP contribution in [0, 0.1) is 0 Å². The monoisotopic (exact) mass is 291 g/mol. The lowest BCUT2D eigenvalue weighted by atomic mass is 10.3. The van der Waals surface area contributed by atoms with Gasteiger partial charge >= 0.3 is 0 Å². The van der Waals surface area contributed by atoms with E-state index in [2.05, 4.69) is 27.2 Å². The van der Waals surface area contributed by atoms with Gasteiger partial charge < -0.3 is 0 Å². The van der Waals surface area contributed by atoms with Crippen molar-refractivity contribution in [2.45, 2.75) is 19.1 Å². The minimum atomic E-state index is 0.839. The summed E-state index contributed by atoms with van der Waals surface area (Å²) in [4.78, 5) is 4.95. The molecule has 0 aromatic carbocycles. The maximum atomic E-state index is 4.58. The zero-order valence-electron chi connectivity index (χ0n) is 10.5. The predicted octanol–water partition coefficient (Wildman–Crippen LogP) is 2.89. The zero-order valence-corrected chi connectivity index (χ0v) is 12.1. The molecule has 0 radical (unpaired) electrons. The minimum absolute atomic E-state index is 0.839. The van der Waals surface area contributed by atoms with Gasteiger partial charge in [-0.05, 0) is 24.3 Å². The Balaban J connectivity index is 1.89. The average Bonchev–Trinajstić information content (AvgIpc) is 3.02. The van der Waals surface area contributed by atoms with Crippen LogP contribution in [0.4, 0.5) is 0 Å². The fourth-order valence-corrected chi connectivity index (χ4v) is 3.31. The summed E-state index contributed by atoms with van der Waals surface area (Å²) in [5.74, 6) is 2.90. The first-order valence-electron chi connectivity index (χ1n) is 6.07. The maximum absolute atomic E-state index is 4.58. The number of rotatable bonds is 5. The van der Waals surface area contributed by atoms with Gasteiger partial charge in [0.25, 0.3) is 0 Å². The van der Waals surface area contributed by atoms with Crippen LogP contribution in [0.25, 0.3) is 15.5 Å². The number of hydrogen-bond donors (Lipinski definition) is 0. The van der Waals surface area contributed by atoms with E-state index < -0.39 is 0 Å². The molecule has 0 amide bonds. The van der Waals surface area contributed by atoms with Gasteiger partial charge in [0.2, 0.25) is 4.96 Å². The molecule has 0 unspecified atom stereocenters. The molecule has 0 aliphatic heterocycles. The van der Waals surface area contributed by atoms with E-state index in [4.69, 9.17) is 0 Å². The van der Waals surface area contributed by atoms with Gasteiger partial charge in [-0.2, -0.15) is 21.4 Å². The molecule has 0 bridgehead atoms. The smallest absolute Gasteiger partial charge is 0.235 e. The van der Waals surface area contributed by atoms with E-state index in [0.717, 1.165) is 32.9 Å². The molecule has 0 aliphatic rings. The summed E-state index contributed by atoms with van der Waals surface area (Å²) in [6, 6.07) is 3.92. The summed E-state index contributed by atoms with van der Waals surface area (Å²) >= 11 is 3.40. The summed E-state index contributed by atoms with van der Waals surface area (Å²) in [7, 11) is 0. The molecule has 0 aliphatic carbocycles. The molecule has 98 valence electrons. The van der Waals surface area contributed by atoms with Gasteiger partial charge in [0.1, 0.15) is 5.01 Å². The minimum Gasteiger partial charge on any atom is -0.264 e. The third kappa shape index (κ3) is 2.62. The summed E-state index contributed by atoms with van der Waals surface area (Å²) in [6.45, 7) is 2.18. The van der Waals surface area contributed by atoms with Crippen LogP contribution in [0.3, 0.4) is 0 Å². The largest absolute Gasteiger partial charge is 0.264 e. The molecule has 3 heterocycles. The maximum Gasteiger partial charge on any atom is 0.235 e. The number of hydrogen-bond acceptors (Lipinski definition) is 6. The van der Waals surface area contributed by atoms with Crippen molar-refractivity contribution < 1.29 is 0 Å². The highest BCUT2D eigenvalue weighted by molar-refractivity contribution is 7.98. The SMILES string of the molecule is CCCSCc1nnc2sc(-c3cccnc3)nn12. The first kappa shape index (κ1) is 12.6. The van der Waals surface area contributed by atoms with Crippen LogP contribution in [0.5, 0.6) is 0 Å². The van der Waals surface area contributed by atoms with Crippen molar-refractivity contribution in [1.29, 1.82) is 0 Å². The lowest BCUT2D eigenvalue weighted by Gasteiger charge is -1.96. The normalized spacial score (nSPS) is 11.2. The van der Waals surface area contributed by atoms with Crippen molar-refractivity contribution >= 4 is 28.1 Å². The first-order valence-corrected chi connectivity index (χ1v) is 8.05. The zero-order chi connectivity index (χ0) is 13.1. The highest BCUT2D eigenvalue weighted by Crippen LogP contribution is 2.25. The number of nitrogens with zero attached hydrogens (tertiary/aromatic N) is 5. The second-order valence-corrected chi connectivity index (χ2v) is 6.07. The van der Waals surface area contributed by atoms with E-state index in [0.29, 0.717) is 0 Å². The predicted molar refractivity (Wildman–Crippen MR) is 78.3 cm³/mol. The molecule has 0 saturated heterocycles. The molecule has 0 N–H and O–H groups in total. The van der Waals surface area contributed by atoms with Gasteiger partial charge in [-0.1, -0.05) is 18.3 Å². The average molecular weight is 291 g/mol. The molecule has 7 heteroatoms. The molecule has 3 rings (SSSR count). The van der Waals surface area contributed by atoms with E-state index in [9.17, 15) is 0 Å². The summed E-state index contributed by atoms with van der Waals surface area (Å²) < 4.78 is 1.84. The molecule has 0 saturated carbocycles. The Morgan fingerprint density at radius 3 is 3.11 bits per heavy atom. The molecule has 0 fully saturated rings. The van der Waals surface area contributed by atoms with E-state index in [1.807, 2.05) is 34.6 Å². The van der Waals surface area contributed by atoms with Crippen LogP contribution in [-0.4, -0.2) is 30.5 Å². The van der Waals surface area contributed by atoms with Gasteiger partial charge in [-0.3, -0.25) is 4.98 Å². The third-order valence-electron chi connectivity index (χ3n) is 2.54. The number of pyridine rings is 1. The number of aromatic nitrogens is 5. The highest BCUT2D eigenvalue weighted by atomic mass is 32.2. The molecule has 5 nitrogen and oxygen atoms in total. The summed E-state index contributed by atoms with van der Waals surface area (Å²) in [5, 5.41) is 13.9. The topological polar surface area (TPSA) is 56.0 Å². The van der Waals surface area contributed by atoms with Crippen molar-refractivity contribution in [2.75, 3.05) is 5.75 Å². The van der Waals surface area contributed by atoms with Crippen LogP contribution in [0.1, 0.15) is 19.2 Å². The van der Waals surface area contributed by atoms with Crippen LogP contribution in [0.2, 0.25) is 0 Å². The van der Waals surface area contributed by atoms with E-state index in [1.165, 1.54) is 17.8 Å².